The Balaban J connectivity index is 2.78. The summed E-state index contributed by atoms with van der Waals surface area (Å²) >= 11 is 0. The maximum absolute atomic E-state index is 13.2. The zero-order chi connectivity index (χ0) is 15.3. The minimum absolute atomic E-state index is 0.0272. The van der Waals surface area contributed by atoms with Crippen molar-refractivity contribution < 1.29 is 22.3 Å². The summed E-state index contributed by atoms with van der Waals surface area (Å²) in [7, 11) is 1.57. The summed E-state index contributed by atoms with van der Waals surface area (Å²) < 4.78 is 56.0. The highest BCUT2D eigenvalue weighted by atomic mass is 19.4. The average molecular weight is 293 g/mol. The van der Waals surface area contributed by atoms with Crippen molar-refractivity contribution in [2.24, 2.45) is 5.92 Å². The van der Waals surface area contributed by atoms with Gasteiger partial charge in [0.25, 0.3) is 0 Å². The monoisotopic (exact) mass is 293 g/mol. The van der Waals surface area contributed by atoms with Gasteiger partial charge >= 0.3 is 6.18 Å². The van der Waals surface area contributed by atoms with Crippen LogP contribution < -0.4 is 5.32 Å². The van der Waals surface area contributed by atoms with E-state index < -0.39 is 17.6 Å². The van der Waals surface area contributed by atoms with Crippen LogP contribution in [0.15, 0.2) is 18.2 Å². The maximum Gasteiger partial charge on any atom is 0.419 e. The second-order valence-corrected chi connectivity index (χ2v) is 5.00. The molecule has 0 amide bonds. The molecule has 0 aliphatic rings. The SMILES string of the molecule is COCC(NCc1ccc(F)c(C(F)(F)F)c1)C(C)C. The molecular weight excluding hydrogens is 274 g/mol. The van der Waals surface area contributed by atoms with Gasteiger partial charge in [0.15, 0.2) is 0 Å². The van der Waals surface area contributed by atoms with E-state index in [1.54, 1.807) is 7.11 Å². The summed E-state index contributed by atoms with van der Waals surface area (Å²) in [6, 6.07) is 3.06. The van der Waals surface area contributed by atoms with Crippen LogP contribution in [0.25, 0.3) is 0 Å². The Morgan fingerprint density at radius 2 is 1.90 bits per heavy atom. The third-order valence-corrected chi connectivity index (χ3v) is 3.06. The van der Waals surface area contributed by atoms with Gasteiger partial charge in [-0.25, -0.2) is 4.39 Å². The maximum atomic E-state index is 13.2. The van der Waals surface area contributed by atoms with Crippen LogP contribution in [0.1, 0.15) is 25.0 Å². The van der Waals surface area contributed by atoms with Crippen molar-refractivity contribution in [3.05, 3.63) is 35.1 Å². The Kier molecular flexibility index (Phi) is 5.95. The van der Waals surface area contributed by atoms with E-state index in [0.717, 1.165) is 12.1 Å². The molecule has 0 saturated heterocycles. The van der Waals surface area contributed by atoms with Crippen molar-refractivity contribution in [3.63, 3.8) is 0 Å². The molecule has 0 aliphatic carbocycles. The lowest BCUT2D eigenvalue weighted by Crippen LogP contribution is -2.37. The van der Waals surface area contributed by atoms with Gasteiger partial charge < -0.3 is 10.1 Å². The molecule has 0 heterocycles. The van der Waals surface area contributed by atoms with E-state index in [1.165, 1.54) is 6.07 Å². The van der Waals surface area contributed by atoms with Crippen LogP contribution in [0.2, 0.25) is 0 Å². The fourth-order valence-electron chi connectivity index (χ4n) is 1.82. The Hall–Kier alpha value is -1.14. The molecule has 1 aromatic carbocycles. The van der Waals surface area contributed by atoms with Crippen molar-refractivity contribution in [1.29, 1.82) is 0 Å². The van der Waals surface area contributed by atoms with Crippen LogP contribution in [-0.2, 0) is 17.5 Å². The van der Waals surface area contributed by atoms with E-state index in [1.807, 2.05) is 13.8 Å². The van der Waals surface area contributed by atoms with Crippen molar-refractivity contribution in [1.82, 2.24) is 5.32 Å². The van der Waals surface area contributed by atoms with Crippen molar-refractivity contribution in [3.8, 4) is 0 Å². The predicted octanol–water partition coefficient (Wildman–Crippen LogP) is 3.61. The first kappa shape index (κ1) is 16.9. The predicted molar refractivity (Wildman–Crippen MR) is 68.7 cm³/mol. The number of halogens is 4. The summed E-state index contributed by atoms with van der Waals surface area (Å²) in [4.78, 5) is 0. The van der Waals surface area contributed by atoms with E-state index in [4.69, 9.17) is 4.74 Å². The molecule has 1 atom stereocenters. The molecule has 0 aromatic heterocycles. The van der Waals surface area contributed by atoms with E-state index in [-0.39, 0.29) is 18.5 Å². The number of nitrogens with one attached hydrogen (secondary N) is 1. The Morgan fingerprint density at radius 3 is 2.40 bits per heavy atom. The molecule has 1 rings (SSSR count). The van der Waals surface area contributed by atoms with Crippen molar-refractivity contribution in [2.75, 3.05) is 13.7 Å². The summed E-state index contributed by atoms with van der Waals surface area (Å²) in [6.07, 6.45) is -4.68. The minimum atomic E-state index is -4.68. The Morgan fingerprint density at radius 1 is 1.25 bits per heavy atom. The van der Waals surface area contributed by atoms with Gasteiger partial charge in [-0.15, -0.1) is 0 Å². The number of rotatable bonds is 6. The van der Waals surface area contributed by atoms with Crippen LogP contribution in [0, 0.1) is 11.7 Å². The van der Waals surface area contributed by atoms with Crippen LogP contribution in [0.3, 0.4) is 0 Å². The van der Waals surface area contributed by atoms with Gasteiger partial charge in [-0.3, -0.25) is 0 Å². The zero-order valence-electron chi connectivity index (χ0n) is 11.7. The standard InChI is InChI=1S/C14H19F4NO/c1-9(2)13(8-20-3)19-7-10-4-5-12(15)11(6-10)14(16,17)18/h4-6,9,13,19H,7-8H2,1-3H3. The third-order valence-electron chi connectivity index (χ3n) is 3.06. The molecule has 0 fully saturated rings. The molecule has 1 N–H and O–H groups in total. The first-order valence-electron chi connectivity index (χ1n) is 6.33. The first-order chi connectivity index (χ1) is 9.25. The highest BCUT2D eigenvalue weighted by Crippen LogP contribution is 2.31. The molecular formula is C14H19F4NO. The molecule has 6 heteroatoms. The lowest BCUT2D eigenvalue weighted by atomic mass is 10.0. The smallest absolute Gasteiger partial charge is 0.383 e. The van der Waals surface area contributed by atoms with Crippen molar-refractivity contribution >= 4 is 0 Å². The quantitative estimate of drug-likeness (QED) is 0.809. The fraction of sp³-hybridized carbons (Fsp3) is 0.571. The van der Waals surface area contributed by atoms with E-state index >= 15 is 0 Å². The number of methoxy groups -OCH3 is 1. The van der Waals surface area contributed by atoms with Crippen LogP contribution in [0.4, 0.5) is 17.6 Å². The highest BCUT2D eigenvalue weighted by Gasteiger charge is 2.34. The molecule has 114 valence electrons. The lowest BCUT2D eigenvalue weighted by Gasteiger charge is -2.22. The largest absolute Gasteiger partial charge is 0.419 e. The van der Waals surface area contributed by atoms with Gasteiger partial charge in [0.05, 0.1) is 12.2 Å². The zero-order valence-corrected chi connectivity index (χ0v) is 11.7. The summed E-state index contributed by atoms with van der Waals surface area (Å²) in [5.41, 5.74) is -0.842. The molecule has 0 spiro atoms. The Bertz CT molecular complexity index is 432. The molecule has 20 heavy (non-hydrogen) atoms. The van der Waals surface area contributed by atoms with Gasteiger partial charge in [-0.05, 0) is 23.6 Å². The van der Waals surface area contributed by atoms with Gasteiger partial charge in [0.2, 0.25) is 0 Å². The molecule has 2 nitrogen and oxygen atoms in total. The van der Waals surface area contributed by atoms with Gasteiger partial charge in [-0.2, -0.15) is 13.2 Å². The lowest BCUT2D eigenvalue weighted by molar-refractivity contribution is -0.140. The molecule has 0 aliphatic heterocycles. The van der Waals surface area contributed by atoms with Crippen LogP contribution in [-0.4, -0.2) is 19.8 Å². The number of hydrogen-bond acceptors (Lipinski definition) is 2. The van der Waals surface area contributed by atoms with Gasteiger partial charge in [-0.1, -0.05) is 19.9 Å². The molecule has 0 bridgehead atoms. The average Bonchev–Trinajstić information content (AvgIpc) is 2.34. The topological polar surface area (TPSA) is 21.3 Å². The van der Waals surface area contributed by atoms with E-state index in [9.17, 15) is 17.6 Å². The minimum Gasteiger partial charge on any atom is -0.383 e. The summed E-state index contributed by atoms with van der Waals surface area (Å²) in [5.74, 6) is -0.976. The molecule has 1 unspecified atom stereocenters. The number of ether oxygens (including phenoxy) is 1. The fourth-order valence-corrected chi connectivity index (χ4v) is 1.82. The summed E-state index contributed by atoms with van der Waals surface area (Å²) in [5, 5.41) is 3.12. The van der Waals surface area contributed by atoms with Crippen LogP contribution in [0.5, 0.6) is 0 Å². The van der Waals surface area contributed by atoms with E-state index in [2.05, 4.69) is 5.32 Å². The molecule has 0 radical (unpaired) electrons. The third kappa shape index (κ3) is 4.76. The van der Waals surface area contributed by atoms with Crippen molar-refractivity contribution in [2.45, 2.75) is 32.6 Å². The second-order valence-electron chi connectivity index (χ2n) is 5.00. The van der Waals surface area contributed by atoms with Gasteiger partial charge in [0.1, 0.15) is 5.82 Å². The highest BCUT2D eigenvalue weighted by molar-refractivity contribution is 5.27. The molecule has 0 saturated carbocycles. The number of benzene rings is 1. The Labute approximate surface area is 116 Å². The molecule has 1 aromatic rings. The summed E-state index contributed by atoms with van der Waals surface area (Å²) in [6.45, 7) is 4.67. The normalized spacial score (nSPS) is 13.8. The number of alkyl halides is 3. The van der Waals surface area contributed by atoms with Crippen LogP contribution >= 0.6 is 0 Å². The first-order valence-corrected chi connectivity index (χ1v) is 6.33. The van der Waals surface area contributed by atoms with E-state index in [0.29, 0.717) is 12.2 Å². The number of hydrogen-bond donors (Lipinski definition) is 1. The van der Waals surface area contributed by atoms with Gasteiger partial charge in [0, 0.05) is 19.7 Å². The second kappa shape index (κ2) is 7.04.